The SMILES string of the molecule is [N-]=[N+]=NCCC#Cc1ccc(N)c(O)c1. The minimum Gasteiger partial charge on any atom is -0.506 e. The second-order valence-electron chi connectivity index (χ2n) is 2.78. The number of nitrogens with two attached hydrogens (primary N) is 1. The van der Waals surface area contributed by atoms with Gasteiger partial charge < -0.3 is 10.8 Å². The quantitative estimate of drug-likeness (QED) is 0.146. The summed E-state index contributed by atoms with van der Waals surface area (Å²) < 4.78 is 0. The number of aromatic hydroxyl groups is 1. The Bertz CT molecular complexity index is 452. The van der Waals surface area contributed by atoms with Crippen molar-refractivity contribution in [2.75, 3.05) is 12.3 Å². The van der Waals surface area contributed by atoms with Crippen LogP contribution in [-0.4, -0.2) is 11.7 Å². The summed E-state index contributed by atoms with van der Waals surface area (Å²) in [4.78, 5) is 2.61. The lowest BCUT2D eigenvalue weighted by molar-refractivity contribution is 0.478. The van der Waals surface area contributed by atoms with Gasteiger partial charge in [-0.1, -0.05) is 17.0 Å². The fourth-order valence-electron chi connectivity index (χ4n) is 0.937. The summed E-state index contributed by atoms with van der Waals surface area (Å²) in [6.07, 6.45) is 0.495. The number of rotatable bonds is 2. The highest BCUT2D eigenvalue weighted by Crippen LogP contribution is 2.19. The van der Waals surface area contributed by atoms with Crippen LogP contribution in [0.4, 0.5) is 5.69 Å². The number of azide groups is 1. The summed E-state index contributed by atoms with van der Waals surface area (Å²) in [5.41, 5.74) is 14.5. The molecule has 0 aliphatic heterocycles. The molecule has 0 atom stereocenters. The first-order chi connectivity index (χ1) is 7.24. The van der Waals surface area contributed by atoms with Gasteiger partial charge in [0.1, 0.15) is 5.75 Å². The molecule has 15 heavy (non-hydrogen) atoms. The van der Waals surface area contributed by atoms with Crippen LogP contribution >= 0.6 is 0 Å². The minimum absolute atomic E-state index is 0.0249. The Morgan fingerprint density at radius 3 is 3.00 bits per heavy atom. The van der Waals surface area contributed by atoms with Crippen LogP contribution in [0.2, 0.25) is 0 Å². The maximum Gasteiger partial charge on any atom is 0.139 e. The van der Waals surface area contributed by atoms with E-state index in [1.807, 2.05) is 0 Å². The number of hydrogen-bond acceptors (Lipinski definition) is 3. The summed E-state index contributed by atoms with van der Waals surface area (Å²) in [6, 6.07) is 4.80. The van der Waals surface area contributed by atoms with Gasteiger partial charge in [-0.3, -0.25) is 0 Å². The second-order valence-corrected chi connectivity index (χ2v) is 2.78. The first kappa shape index (κ1) is 10.8. The third kappa shape index (κ3) is 3.51. The van der Waals surface area contributed by atoms with E-state index in [0.29, 0.717) is 24.2 Å². The van der Waals surface area contributed by atoms with Gasteiger partial charge in [-0.05, 0) is 23.7 Å². The van der Waals surface area contributed by atoms with Crippen LogP contribution in [-0.2, 0) is 0 Å². The zero-order valence-electron chi connectivity index (χ0n) is 8.01. The average Bonchev–Trinajstić information content (AvgIpc) is 2.23. The second kappa shape index (κ2) is 5.43. The van der Waals surface area contributed by atoms with Crippen molar-refractivity contribution in [1.82, 2.24) is 0 Å². The van der Waals surface area contributed by atoms with Crippen molar-refractivity contribution >= 4 is 5.69 Å². The Morgan fingerprint density at radius 2 is 2.33 bits per heavy atom. The first-order valence-electron chi connectivity index (χ1n) is 4.32. The van der Waals surface area contributed by atoms with E-state index in [1.54, 1.807) is 12.1 Å². The summed E-state index contributed by atoms with van der Waals surface area (Å²) in [6.45, 7) is 0.352. The third-order valence-corrected chi connectivity index (χ3v) is 1.66. The number of nitrogens with zero attached hydrogens (tertiary/aromatic N) is 3. The molecule has 76 valence electrons. The minimum atomic E-state index is 0.0249. The number of hydrogen-bond donors (Lipinski definition) is 2. The van der Waals surface area contributed by atoms with E-state index >= 15 is 0 Å². The zero-order valence-corrected chi connectivity index (χ0v) is 8.01. The van der Waals surface area contributed by atoms with E-state index in [9.17, 15) is 5.11 Å². The van der Waals surface area contributed by atoms with Gasteiger partial charge in [0.05, 0.1) is 5.69 Å². The maximum atomic E-state index is 9.28. The lowest BCUT2D eigenvalue weighted by Crippen LogP contribution is -1.85. The Hall–Kier alpha value is -2.31. The Kier molecular flexibility index (Phi) is 3.90. The fraction of sp³-hybridized carbons (Fsp3) is 0.200. The van der Waals surface area contributed by atoms with Crippen LogP contribution in [0.25, 0.3) is 10.4 Å². The fourth-order valence-corrected chi connectivity index (χ4v) is 0.937. The van der Waals surface area contributed by atoms with Crippen molar-refractivity contribution < 1.29 is 5.11 Å². The summed E-state index contributed by atoms with van der Waals surface area (Å²) >= 11 is 0. The highest BCUT2D eigenvalue weighted by Gasteiger charge is 1.95. The van der Waals surface area contributed by atoms with Gasteiger partial charge in [-0.25, -0.2) is 0 Å². The number of nitrogen functional groups attached to an aromatic ring is 1. The highest BCUT2D eigenvalue weighted by atomic mass is 16.3. The molecule has 0 aliphatic carbocycles. The van der Waals surface area contributed by atoms with Crippen LogP contribution in [0.3, 0.4) is 0 Å². The van der Waals surface area contributed by atoms with Gasteiger partial charge >= 0.3 is 0 Å². The third-order valence-electron chi connectivity index (χ3n) is 1.66. The Morgan fingerprint density at radius 1 is 1.53 bits per heavy atom. The molecule has 1 rings (SSSR count). The highest BCUT2D eigenvalue weighted by molar-refractivity contribution is 5.55. The lowest BCUT2D eigenvalue weighted by Gasteiger charge is -1.97. The predicted molar refractivity (Wildman–Crippen MR) is 58.0 cm³/mol. The Labute approximate surface area is 87.2 Å². The molecular weight excluding hydrogens is 192 g/mol. The van der Waals surface area contributed by atoms with E-state index in [1.165, 1.54) is 6.07 Å². The number of phenolic OH excluding ortho intramolecular Hbond substituents is 1. The smallest absolute Gasteiger partial charge is 0.139 e. The Balaban J connectivity index is 2.64. The molecule has 0 amide bonds. The van der Waals surface area contributed by atoms with Crippen LogP contribution in [0.5, 0.6) is 5.75 Å². The number of benzene rings is 1. The molecule has 0 radical (unpaired) electrons. The molecule has 1 aromatic carbocycles. The van der Waals surface area contributed by atoms with Crippen LogP contribution < -0.4 is 5.73 Å². The predicted octanol–water partition coefficient (Wildman–Crippen LogP) is 2.03. The standard InChI is InChI=1S/C10H10N4O/c11-9-5-4-8(7-10(9)15)3-1-2-6-13-14-12/h4-5,7,15H,2,6,11H2. The molecule has 0 saturated carbocycles. The van der Waals surface area contributed by atoms with Crippen molar-refractivity contribution in [2.24, 2.45) is 5.11 Å². The molecular formula is C10H10N4O. The van der Waals surface area contributed by atoms with Crippen LogP contribution in [0.1, 0.15) is 12.0 Å². The molecule has 3 N–H and O–H groups in total. The normalized spacial score (nSPS) is 8.53. The molecule has 0 spiro atoms. The zero-order chi connectivity index (χ0) is 11.1. The topological polar surface area (TPSA) is 95.0 Å². The molecule has 0 heterocycles. The van der Waals surface area contributed by atoms with E-state index in [2.05, 4.69) is 21.9 Å². The molecule has 0 bridgehead atoms. The largest absolute Gasteiger partial charge is 0.506 e. The monoisotopic (exact) mass is 202 g/mol. The molecule has 0 aromatic heterocycles. The van der Waals surface area contributed by atoms with Gasteiger partial charge in [0.15, 0.2) is 0 Å². The molecule has 0 aliphatic rings. The molecule has 0 fully saturated rings. The lowest BCUT2D eigenvalue weighted by atomic mass is 10.2. The van der Waals surface area contributed by atoms with E-state index in [4.69, 9.17) is 11.3 Å². The van der Waals surface area contributed by atoms with Crippen LogP contribution in [0.15, 0.2) is 23.3 Å². The van der Waals surface area contributed by atoms with Crippen molar-refractivity contribution in [3.63, 3.8) is 0 Å². The molecule has 5 nitrogen and oxygen atoms in total. The summed E-state index contributed by atoms with van der Waals surface area (Å²) in [5, 5.41) is 12.6. The van der Waals surface area contributed by atoms with Crippen molar-refractivity contribution in [1.29, 1.82) is 0 Å². The average molecular weight is 202 g/mol. The van der Waals surface area contributed by atoms with E-state index < -0.39 is 0 Å². The number of phenols is 1. The molecule has 5 heteroatoms. The molecule has 1 aromatic rings. The summed E-state index contributed by atoms with van der Waals surface area (Å²) in [5.74, 6) is 5.66. The van der Waals surface area contributed by atoms with Gasteiger partial charge in [0.2, 0.25) is 0 Å². The van der Waals surface area contributed by atoms with E-state index in [0.717, 1.165) is 0 Å². The van der Waals surface area contributed by atoms with Crippen molar-refractivity contribution in [2.45, 2.75) is 6.42 Å². The van der Waals surface area contributed by atoms with Gasteiger partial charge in [-0.2, -0.15) is 0 Å². The van der Waals surface area contributed by atoms with Gasteiger partial charge in [-0.15, -0.1) is 0 Å². The maximum absolute atomic E-state index is 9.28. The summed E-state index contributed by atoms with van der Waals surface area (Å²) in [7, 11) is 0. The molecule has 0 unspecified atom stereocenters. The van der Waals surface area contributed by atoms with Crippen molar-refractivity contribution in [3.8, 4) is 17.6 Å². The van der Waals surface area contributed by atoms with Gasteiger partial charge in [0, 0.05) is 23.4 Å². The van der Waals surface area contributed by atoms with Crippen LogP contribution in [0, 0.1) is 11.8 Å². The van der Waals surface area contributed by atoms with E-state index in [-0.39, 0.29) is 5.75 Å². The van der Waals surface area contributed by atoms with Gasteiger partial charge in [0.25, 0.3) is 0 Å². The van der Waals surface area contributed by atoms with Crippen molar-refractivity contribution in [3.05, 3.63) is 34.2 Å². The molecule has 0 saturated heterocycles. The number of anilines is 1. The first-order valence-corrected chi connectivity index (χ1v) is 4.32.